The van der Waals surface area contributed by atoms with Crippen molar-refractivity contribution in [3.63, 3.8) is 0 Å². The summed E-state index contributed by atoms with van der Waals surface area (Å²) in [6.07, 6.45) is 0.732. The van der Waals surface area contributed by atoms with Crippen LogP contribution in [0.25, 0.3) is 0 Å². The van der Waals surface area contributed by atoms with Crippen LogP contribution in [-0.4, -0.2) is 74.6 Å². The van der Waals surface area contributed by atoms with Gasteiger partial charge in [0, 0.05) is 39.6 Å². The third kappa shape index (κ3) is 5.86. The number of nitrogens with zero attached hydrogens (tertiary/aromatic N) is 2. The number of amides is 2. The van der Waals surface area contributed by atoms with E-state index in [0.717, 1.165) is 45.0 Å². The monoisotopic (exact) mass is 351 g/mol. The predicted octanol–water partition coefficient (Wildman–Crippen LogP) is 0.999. The van der Waals surface area contributed by atoms with E-state index in [4.69, 9.17) is 9.15 Å². The van der Waals surface area contributed by atoms with E-state index in [2.05, 4.69) is 17.1 Å². The lowest BCUT2D eigenvalue weighted by atomic mass is 10.1. The Bertz CT molecular complexity index is 566. The molecule has 1 fully saturated rings. The van der Waals surface area contributed by atoms with Crippen LogP contribution in [0.2, 0.25) is 0 Å². The van der Waals surface area contributed by atoms with Gasteiger partial charge in [-0.05, 0) is 18.1 Å². The van der Waals surface area contributed by atoms with Gasteiger partial charge in [0.1, 0.15) is 5.76 Å². The molecule has 0 aliphatic carbocycles. The van der Waals surface area contributed by atoms with Crippen LogP contribution in [0.4, 0.5) is 0 Å². The highest BCUT2D eigenvalue weighted by Gasteiger charge is 2.24. The first kappa shape index (κ1) is 19.5. The maximum absolute atomic E-state index is 12.8. The van der Waals surface area contributed by atoms with Crippen LogP contribution in [0.3, 0.4) is 0 Å². The van der Waals surface area contributed by atoms with Gasteiger partial charge in [-0.25, -0.2) is 0 Å². The molecule has 1 unspecified atom stereocenters. The molecule has 2 heterocycles. The molecule has 7 heteroatoms. The smallest absolute Gasteiger partial charge is 0.290 e. The molecule has 0 aromatic carbocycles. The van der Waals surface area contributed by atoms with Crippen molar-refractivity contribution >= 4 is 11.8 Å². The molecule has 0 saturated carbocycles. The highest BCUT2D eigenvalue weighted by molar-refractivity contribution is 5.94. The minimum absolute atomic E-state index is 0.0327. The Balaban J connectivity index is 2.00. The van der Waals surface area contributed by atoms with Gasteiger partial charge in [-0.2, -0.15) is 0 Å². The van der Waals surface area contributed by atoms with Gasteiger partial charge in [-0.3, -0.25) is 14.5 Å². The van der Waals surface area contributed by atoms with E-state index < -0.39 is 0 Å². The fourth-order valence-electron chi connectivity index (χ4n) is 2.97. The van der Waals surface area contributed by atoms with Crippen LogP contribution < -0.4 is 5.32 Å². The number of carbonyl (C=O) groups is 2. The molecular formula is C18H29N3O4. The second kappa shape index (κ2) is 9.58. The Labute approximate surface area is 149 Å². The van der Waals surface area contributed by atoms with Crippen molar-refractivity contribution in [3.8, 4) is 0 Å². The van der Waals surface area contributed by atoms with E-state index in [9.17, 15) is 9.59 Å². The highest BCUT2D eigenvalue weighted by Crippen LogP contribution is 2.13. The summed E-state index contributed by atoms with van der Waals surface area (Å²) < 4.78 is 10.9. The van der Waals surface area contributed by atoms with E-state index in [-0.39, 0.29) is 24.3 Å². The zero-order valence-corrected chi connectivity index (χ0v) is 15.4. The number of likely N-dealkylation sites (N-methyl/N-ethyl adjacent to an activating group) is 1. The lowest BCUT2D eigenvalue weighted by Gasteiger charge is -2.31. The van der Waals surface area contributed by atoms with Crippen molar-refractivity contribution in [2.24, 2.45) is 5.92 Å². The van der Waals surface area contributed by atoms with Gasteiger partial charge in [-0.15, -0.1) is 0 Å². The first-order valence-electron chi connectivity index (χ1n) is 8.92. The van der Waals surface area contributed by atoms with Crippen molar-refractivity contribution in [2.45, 2.75) is 20.3 Å². The molecular weight excluding hydrogens is 322 g/mol. The van der Waals surface area contributed by atoms with Gasteiger partial charge in [0.25, 0.3) is 5.91 Å². The van der Waals surface area contributed by atoms with Crippen molar-refractivity contribution in [1.29, 1.82) is 0 Å². The highest BCUT2D eigenvalue weighted by atomic mass is 16.5. The molecule has 0 bridgehead atoms. The van der Waals surface area contributed by atoms with Crippen LogP contribution in [-0.2, 0) is 16.0 Å². The average Bonchev–Trinajstić information content (AvgIpc) is 3.10. The summed E-state index contributed by atoms with van der Waals surface area (Å²) in [5.41, 5.74) is 0. The topological polar surface area (TPSA) is 75.0 Å². The van der Waals surface area contributed by atoms with Crippen molar-refractivity contribution < 1.29 is 18.7 Å². The summed E-state index contributed by atoms with van der Waals surface area (Å²) in [5.74, 6) is 0.877. The number of furan rings is 1. The SMILES string of the molecule is CCc1ccc(C(=O)N(CC(=O)NC)CC(C)CN2CCOCC2)o1. The molecule has 1 N–H and O–H groups in total. The second-order valence-corrected chi connectivity index (χ2v) is 6.50. The Kier molecular flexibility index (Phi) is 7.46. The third-order valence-electron chi connectivity index (χ3n) is 4.33. The third-order valence-corrected chi connectivity index (χ3v) is 4.33. The first-order chi connectivity index (χ1) is 12.0. The van der Waals surface area contributed by atoms with E-state index in [1.807, 2.05) is 13.0 Å². The standard InChI is InChI=1S/C18H29N3O4/c1-4-15-5-6-16(25-15)18(23)21(13-17(22)19-3)12-14(2)11-20-7-9-24-10-8-20/h5-6,14H,4,7-13H2,1-3H3,(H,19,22). The minimum Gasteiger partial charge on any atom is -0.456 e. The van der Waals surface area contributed by atoms with Crippen LogP contribution in [0.5, 0.6) is 0 Å². The molecule has 140 valence electrons. The van der Waals surface area contributed by atoms with Gasteiger partial charge in [0.2, 0.25) is 5.91 Å². The van der Waals surface area contributed by atoms with Crippen molar-refractivity contribution in [2.75, 3.05) is 53.0 Å². The van der Waals surface area contributed by atoms with Crippen molar-refractivity contribution in [1.82, 2.24) is 15.1 Å². The van der Waals surface area contributed by atoms with E-state index in [0.29, 0.717) is 12.3 Å². The number of nitrogens with one attached hydrogen (secondary N) is 1. The molecule has 2 amide bonds. The zero-order chi connectivity index (χ0) is 18.2. The summed E-state index contributed by atoms with van der Waals surface area (Å²) >= 11 is 0. The molecule has 1 aliphatic rings. The lowest BCUT2D eigenvalue weighted by molar-refractivity contribution is -0.121. The number of rotatable bonds is 8. The number of hydrogen-bond acceptors (Lipinski definition) is 5. The number of morpholine rings is 1. The molecule has 2 rings (SSSR count). The molecule has 1 atom stereocenters. The first-order valence-corrected chi connectivity index (χ1v) is 8.92. The number of ether oxygens (including phenoxy) is 1. The predicted molar refractivity (Wildman–Crippen MR) is 94.5 cm³/mol. The fraction of sp³-hybridized carbons (Fsp3) is 0.667. The number of hydrogen-bond donors (Lipinski definition) is 1. The van der Waals surface area contributed by atoms with E-state index in [1.165, 1.54) is 0 Å². The van der Waals surface area contributed by atoms with Gasteiger partial charge in [0.15, 0.2) is 5.76 Å². The Morgan fingerprint density at radius 3 is 2.64 bits per heavy atom. The molecule has 1 saturated heterocycles. The maximum Gasteiger partial charge on any atom is 0.290 e. The summed E-state index contributed by atoms with van der Waals surface area (Å²) in [6, 6.07) is 3.49. The molecule has 0 radical (unpaired) electrons. The Morgan fingerprint density at radius 2 is 2.04 bits per heavy atom. The molecule has 1 aromatic rings. The summed E-state index contributed by atoms with van der Waals surface area (Å²) in [5, 5.41) is 2.58. The largest absolute Gasteiger partial charge is 0.456 e. The normalized spacial score (nSPS) is 16.4. The lowest BCUT2D eigenvalue weighted by Crippen LogP contribution is -2.45. The molecule has 0 spiro atoms. The van der Waals surface area contributed by atoms with E-state index in [1.54, 1.807) is 18.0 Å². The van der Waals surface area contributed by atoms with Gasteiger partial charge >= 0.3 is 0 Å². The zero-order valence-electron chi connectivity index (χ0n) is 15.4. The number of aryl methyl sites for hydroxylation is 1. The Morgan fingerprint density at radius 1 is 1.32 bits per heavy atom. The molecule has 1 aliphatic heterocycles. The fourth-order valence-corrected chi connectivity index (χ4v) is 2.97. The maximum atomic E-state index is 12.8. The van der Waals surface area contributed by atoms with E-state index >= 15 is 0 Å². The van der Waals surface area contributed by atoms with Crippen LogP contribution in [0.15, 0.2) is 16.5 Å². The van der Waals surface area contributed by atoms with Crippen LogP contribution in [0, 0.1) is 5.92 Å². The second-order valence-electron chi connectivity index (χ2n) is 6.50. The minimum atomic E-state index is -0.239. The van der Waals surface area contributed by atoms with Gasteiger partial charge in [-0.1, -0.05) is 13.8 Å². The van der Waals surface area contributed by atoms with Crippen LogP contribution >= 0.6 is 0 Å². The quantitative estimate of drug-likeness (QED) is 0.756. The number of carbonyl (C=O) groups excluding carboxylic acids is 2. The summed E-state index contributed by atoms with van der Waals surface area (Å²) in [7, 11) is 1.57. The average molecular weight is 351 g/mol. The molecule has 25 heavy (non-hydrogen) atoms. The molecule has 1 aromatic heterocycles. The van der Waals surface area contributed by atoms with Crippen molar-refractivity contribution in [3.05, 3.63) is 23.7 Å². The summed E-state index contributed by atoms with van der Waals surface area (Å²) in [4.78, 5) is 28.5. The van der Waals surface area contributed by atoms with Crippen LogP contribution in [0.1, 0.15) is 30.2 Å². The van der Waals surface area contributed by atoms with Gasteiger partial charge < -0.3 is 19.4 Å². The summed E-state index contributed by atoms with van der Waals surface area (Å²) in [6.45, 7) is 8.80. The van der Waals surface area contributed by atoms with Gasteiger partial charge in [0.05, 0.1) is 19.8 Å². The Hall–Kier alpha value is -1.86. The molecule has 7 nitrogen and oxygen atoms in total.